The van der Waals surface area contributed by atoms with Crippen molar-refractivity contribution in [3.63, 3.8) is 0 Å². The Hall–Kier alpha value is -1.35. The highest BCUT2D eigenvalue weighted by Crippen LogP contribution is 2.31. The molecular formula is C12H15NO2. The Morgan fingerprint density at radius 1 is 1.47 bits per heavy atom. The van der Waals surface area contributed by atoms with Crippen LogP contribution in [0.2, 0.25) is 0 Å². The van der Waals surface area contributed by atoms with Crippen molar-refractivity contribution in [1.82, 2.24) is 5.32 Å². The molecule has 0 aliphatic carbocycles. The number of rotatable bonds is 2. The van der Waals surface area contributed by atoms with E-state index in [0.29, 0.717) is 6.42 Å². The summed E-state index contributed by atoms with van der Waals surface area (Å²) in [5.74, 6) is -0.987. The van der Waals surface area contributed by atoms with E-state index in [-0.39, 0.29) is 12.0 Å². The fourth-order valence-electron chi connectivity index (χ4n) is 2.23. The van der Waals surface area contributed by atoms with Crippen LogP contribution in [0.15, 0.2) is 24.3 Å². The number of aryl methyl sites for hydroxylation is 1. The summed E-state index contributed by atoms with van der Waals surface area (Å²) in [6, 6.07) is 7.94. The first-order chi connectivity index (χ1) is 7.20. The Balaban J connectivity index is 2.30. The molecule has 0 amide bonds. The normalized spacial score (nSPS) is 25.4. The zero-order valence-corrected chi connectivity index (χ0v) is 8.73. The maximum Gasteiger partial charge on any atom is 0.308 e. The fraction of sp³-hybridized carbons (Fsp3) is 0.417. The van der Waals surface area contributed by atoms with Crippen molar-refractivity contribution in [1.29, 1.82) is 0 Å². The lowest BCUT2D eigenvalue weighted by atomic mass is 9.92. The fourth-order valence-corrected chi connectivity index (χ4v) is 2.23. The maximum absolute atomic E-state index is 11.1. The summed E-state index contributed by atoms with van der Waals surface area (Å²) in [7, 11) is 0. The number of hydrogen-bond donors (Lipinski definition) is 2. The molecule has 3 nitrogen and oxygen atoms in total. The molecule has 1 aromatic rings. The van der Waals surface area contributed by atoms with Gasteiger partial charge in [-0.3, -0.25) is 4.79 Å². The summed E-state index contributed by atoms with van der Waals surface area (Å²) in [5, 5.41) is 12.4. The summed E-state index contributed by atoms with van der Waals surface area (Å²) in [6.07, 6.45) is 0.717. The largest absolute Gasteiger partial charge is 0.481 e. The first-order valence-corrected chi connectivity index (χ1v) is 5.22. The van der Waals surface area contributed by atoms with Gasteiger partial charge in [0.05, 0.1) is 5.92 Å². The predicted octanol–water partition coefficient (Wildman–Crippen LogP) is 1.73. The van der Waals surface area contributed by atoms with E-state index in [1.807, 2.05) is 31.2 Å². The van der Waals surface area contributed by atoms with Crippen LogP contribution in [-0.2, 0) is 4.79 Å². The van der Waals surface area contributed by atoms with E-state index in [0.717, 1.165) is 17.7 Å². The van der Waals surface area contributed by atoms with E-state index in [1.54, 1.807) is 0 Å². The van der Waals surface area contributed by atoms with Crippen LogP contribution in [0, 0.1) is 12.8 Å². The number of hydrogen-bond acceptors (Lipinski definition) is 2. The molecule has 1 aliphatic heterocycles. The third-order valence-electron chi connectivity index (χ3n) is 3.06. The molecule has 2 N–H and O–H groups in total. The second-order valence-electron chi connectivity index (χ2n) is 4.02. The van der Waals surface area contributed by atoms with Crippen LogP contribution in [0.4, 0.5) is 0 Å². The number of aliphatic carboxylic acids is 1. The molecule has 0 radical (unpaired) electrons. The van der Waals surface area contributed by atoms with Crippen LogP contribution in [-0.4, -0.2) is 17.6 Å². The third-order valence-corrected chi connectivity index (χ3v) is 3.06. The van der Waals surface area contributed by atoms with Crippen LogP contribution < -0.4 is 5.32 Å². The first kappa shape index (κ1) is 10.2. The molecule has 1 saturated heterocycles. The third kappa shape index (κ3) is 1.88. The summed E-state index contributed by atoms with van der Waals surface area (Å²) >= 11 is 0. The Morgan fingerprint density at radius 2 is 2.20 bits per heavy atom. The molecule has 2 rings (SSSR count). The quantitative estimate of drug-likeness (QED) is 0.773. The Labute approximate surface area is 89.1 Å². The zero-order chi connectivity index (χ0) is 10.8. The standard InChI is InChI=1S/C12H15NO2/c1-8-4-2-3-5-9(8)11-10(12(14)15)6-7-13-11/h2-5,10-11,13H,6-7H2,1H3,(H,14,15)/t10-,11?/m0/s1. The average Bonchev–Trinajstić information content (AvgIpc) is 2.67. The molecular weight excluding hydrogens is 190 g/mol. The van der Waals surface area contributed by atoms with E-state index in [2.05, 4.69) is 5.32 Å². The molecule has 80 valence electrons. The predicted molar refractivity (Wildman–Crippen MR) is 57.7 cm³/mol. The molecule has 1 fully saturated rings. The van der Waals surface area contributed by atoms with Gasteiger partial charge < -0.3 is 10.4 Å². The lowest BCUT2D eigenvalue weighted by molar-refractivity contribution is -0.142. The topological polar surface area (TPSA) is 49.3 Å². The van der Waals surface area contributed by atoms with E-state index in [9.17, 15) is 4.79 Å². The molecule has 1 heterocycles. The Kier molecular flexibility index (Phi) is 2.73. The van der Waals surface area contributed by atoms with Gasteiger partial charge in [-0.1, -0.05) is 24.3 Å². The smallest absolute Gasteiger partial charge is 0.308 e. The van der Waals surface area contributed by atoms with Gasteiger partial charge in [-0.25, -0.2) is 0 Å². The monoisotopic (exact) mass is 205 g/mol. The highest BCUT2D eigenvalue weighted by atomic mass is 16.4. The number of benzene rings is 1. The summed E-state index contributed by atoms with van der Waals surface area (Å²) < 4.78 is 0. The lowest BCUT2D eigenvalue weighted by Gasteiger charge is -2.18. The number of carbonyl (C=O) groups is 1. The van der Waals surface area contributed by atoms with E-state index >= 15 is 0 Å². The van der Waals surface area contributed by atoms with Crippen molar-refractivity contribution in [2.45, 2.75) is 19.4 Å². The molecule has 1 unspecified atom stereocenters. The lowest BCUT2D eigenvalue weighted by Crippen LogP contribution is -2.23. The van der Waals surface area contributed by atoms with Crippen molar-refractivity contribution in [2.24, 2.45) is 5.92 Å². The van der Waals surface area contributed by atoms with Crippen LogP contribution >= 0.6 is 0 Å². The molecule has 0 bridgehead atoms. The number of carboxylic acids is 1. The van der Waals surface area contributed by atoms with Gasteiger partial charge in [-0.05, 0) is 31.0 Å². The van der Waals surface area contributed by atoms with Crippen LogP contribution in [0.1, 0.15) is 23.6 Å². The molecule has 0 saturated carbocycles. The molecule has 15 heavy (non-hydrogen) atoms. The van der Waals surface area contributed by atoms with Crippen molar-refractivity contribution in [3.8, 4) is 0 Å². The molecule has 3 heteroatoms. The minimum absolute atomic E-state index is 0.0244. The molecule has 1 aromatic carbocycles. The van der Waals surface area contributed by atoms with Crippen LogP contribution in [0.3, 0.4) is 0 Å². The van der Waals surface area contributed by atoms with Gasteiger partial charge in [0.2, 0.25) is 0 Å². The molecule has 0 spiro atoms. The molecule has 2 atom stereocenters. The van der Waals surface area contributed by atoms with Gasteiger partial charge in [0.15, 0.2) is 0 Å². The van der Waals surface area contributed by atoms with E-state index in [1.165, 1.54) is 0 Å². The first-order valence-electron chi connectivity index (χ1n) is 5.22. The number of nitrogens with one attached hydrogen (secondary N) is 1. The highest BCUT2D eigenvalue weighted by molar-refractivity contribution is 5.72. The van der Waals surface area contributed by atoms with Gasteiger partial charge >= 0.3 is 5.97 Å². The molecule has 1 aliphatic rings. The second kappa shape index (κ2) is 4.03. The zero-order valence-electron chi connectivity index (χ0n) is 8.73. The van der Waals surface area contributed by atoms with Gasteiger partial charge in [-0.15, -0.1) is 0 Å². The SMILES string of the molecule is Cc1ccccc1C1NCC[C@@H]1C(=O)O. The van der Waals surface area contributed by atoms with Crippen molar-refractivity contribution >= 4 is 5.97 Å². The highest BCUT2D eigenvalue weighted by Gasteiger charge is 2.34. The average molecular weight is 205 g/mol. The number of carboxylic acid groups (broad SMARTS) is 1. The van der Waals surface area contributed by atoms with Crippen molar-refractivity contribution in [3.05, 3.63) is 35.4 Å². The van der Waals surface area contributed by atoms with Gasteiger partial charge in [-0.2, -0.15) is 0 Å². The summed E-state index contributed by atoms with van der Waals surface area (Å²) in [6.45, 7) is 2.81. The van der Waals surface area contributed by atoms with Crippen LogP contribution in [0.5, 0.6) is 0 Å². The summed E-state index contributed by atoms with van der Waals surface area (Å²) in [5.41, 5.74) is 2.27. The van der Waals surface area contributed by atoms with Crippen molar-refractivity contribution in [2.75, 3.05) is 6.54 Å². The van der Waals surface area contributed by atoms with Gasteiger partial charge in [0.1, 0.15) is 0 Å². The maximum atomic E-state index is 11.1. The van der Waals surface area contributed by atoms with Gasteiger partial charge in [0, 0.05) is 6.04 Å². The van der Waals surface area contributed by atoms with E-state index in [4.69, 9.17) is 5.11 Å². The summed E-state index contributed by atoms with van der Waals surface area (Å²) in [4.78, 5) is 11.1. The van der Waals surface area contributed by atoms with Crippen molar-refractivity contribution < 1.29 is 9.90 Å². The van der Waals surface area contributed by atoms with Crippen LogP contribution in [0.25, 0.3) is 0 Å². The van der Waals surface area contributed by atoms with E-state index < -0.39 is 5.97 Å². The minimum atomic E-state index is -0.701. The Morgan fingerprint density at radius 3 is 2.87 bits per heavy atom. The van der Waals surface area contributed by atoms with Gasteiger partial charge in [0.25, 0.3) is 0 Å². The minimum Gasteiger partial charge on any atom is -0.481 e. The molecule has 0 aromatic heterocycles. The Bertz CT molecular complexity index is 376. The second-order valence-corrected chi connectivity index (χ2v) is 4.02.